The zero-order valence-corrected chi connectivity index (χ0v) is 19.1. The molecule has 4 rings (SSSR count). The van der Waals surface area contributed by atoms with Crippen molar-refractivity contribution in [3.63, 3.8) is 0 Å². The third kappa shape index (κ3) is 5.08. The molecule has 1 amide bonds. The standard InChI is InChI=1S/C28H33N3O/c1-22(24-9-4-3-5-10-24)21-31-16-13-28(14-17-31,27(32)29-2)19-23-8-6-11-25(18-23)26-12-7-15-30-20-26/h3-12,15,18,20,22H,13-14,16-17,19,21H2,1-2H3,(H,29,32). The molecule has 1 fully saturated rings. The SMILES string of the molecule is CNC(=O)C1(Cc2cccc(-c3cccnc3)c2)CCN(CC(C)c2ccccc2)CC1. The van der Waals surface area contributed by atoms with Crippen LogP contribution in [-0.2, 0) is 11.2 Å². The number of piperidine rings is 1. The first-order chi connectivity index (χ1) is 15.6. The Hall–Kier alpha value is -2.98. The number of carbonyl (C=O) groups is 1. The predicted molar refractivity (Wildman–Crippen MR) is 130 cm³/mol. The van der Waals surface area contributed by atoms with Crippen molar-refractivity contribution in [1.29, 1.82) is 0 Å². The number of hydrogen-bond donors (Lipinski definition) is 1. The molecular weight excluding hydrogens is 394 g/mol. The van der Waals surface area contributed by atoms with Gasteiger partial charge in [-0.25, -0.2) is 0 Å². The van der Waals surface area contributed by atoms with E-state index >= 15 is 0 Å². The smallest absolute Gasteiger partial charge is 0.226 e. The van der Waals surface area contributed by atoms with Gasteiger partial charge in [-0.1, -0.05) is 67.6 Å². The Balaban J connectivity index is 1.46. The van der Waals surface area contributed by atoms with Gasteiger partial charge in [0.15, 0.2) is 0 Å². The summed E-state index contributed by atoms with van der Waals surface area (Å²) in [6.07, 6.45) is 6.21. The van der Waals surface area contributed by atoms with Crippen LogP contribution in [0.25, 0.3) is 11.1 Å². The maximum absolute atomic E-state index is 13.1. The van der Waals surface area contributed by atoms with E-state index in [0.29, 0.717) is 5.92 Å². The number of nitrogens with one attached hydrogen (secondary N) is 1. The van der Waals surface area contributed by atoms with Crippen molar-refractivity contribution in [1.82, 2.24) is 15.2 Å². The molecule has 0 spiro atoms. The van der Waals surface area contributed by atoms with E-state index in [1.807, 2.05) is 12.3 Å². The number of benzene rings is 2. The Morgan fingerprint density at radius 3 is 2.47 bits per heavy atom. The molecule has 1 aliphatic heterocycles. The Kier molecular flexibility index (Phi) is 7.01. The molecule has 4 heteroatoms. The van der Waals surface area contributed by atoms with E-state index in [1.54, 1.807) is 13.2 Å². The third-order valence-electron chi connectivity index (χ3n) is 6.89. The van der Waals surface area contributed by atoms with Crippen molar-refractivity contribution >= 4 is 5.91 Å². The van der Waals surface area contributed by atoms with E-state index in [4.69, 9.17) is 0 Å². The largest absolute Gasteiger partial charge is 0.359 e. The molecule has 0 aliphatic carbocycles. The Bertz CT molecular complexity index is 1010. The maximum Gasteiger partial charge on any atom is 0.226 e. The van der Waals surface area contributed by atoms with E-state index in [2.05, 4.69) is 82.8 Å². The first-order valence-corrected chi connectivity index (χ1v) is 11.6. The molecule has 0 radical (unpaired) electrons. The zero-order chi connectivity index (χ0) is 22.4. The van der Waals surface area contributed by atoms with Crippen LogP contribution in [0, 0.1) is 5.41 Å². The van der Waals surface area contributed by atoms with Crippen LogP contribution in [0.5, 0.6) is 0 Å². The first-order valence-electron chi connectivity index (χ1n) is 11.6. The maximum atomic E-state index is 13.1. The van der Waals surface area contributed by atoms with Gasteiger partial charge in [0.1, 0.15) is 0 Å². The fourth-order valence-electron chi connectivity index (χ4n) is 4.97. The second-order valence-corrected chi connectivity index (χ2v) is 9.09. The molecule has 2 heterocycles. The van der Waals surface area contributed by atoms with Crippen molar-refractivity contribution < 1.29 is 4.79 Å². The minimum absolute atomic E-state index is 0.167. The summed E-state index contributed by atoms with van der Waals surface area (Å²) in [6, 6.07) is 23.3. The molecule has 1 aliphatic rings. The molecule has 1 atom stereocenters. The van der Waals surface area contributed by atoms with Crippen LogP contribution in [0.15, 0.2) is 79.1 Å². The third-order valence-corrected chi connectivity index (χ3v) is 6.89. The Labute approximate surface area is 191 Å². The molecule has 1 saturated heterocycles. The summed E-state index contributed by atoms with van der Waals surface area (Å²) in [7, 11) is 1.76. The van der Waals surface area contributed by atoms with E-state index < -0.39 is 0 Å². The highest BCUT2D eigenvalue weighted by molar-refractivity contribution is 5.83. The van der Waals surface area contributed by atoms with E-state index in [1.165, 1.54) is 11.1 Å². The van der Waals surface area contributed by atoms with Gasteiger partial charge in [-0.3, -0.25) is 9.78 Å². The van der Waals surface area contributed by atoms with E-state index in [-0.39, 0.29) is 11.3 Å². The zero-order valence-electron chi connectivity index (χ0n) is 19.1. The summed E-state index contributed by atoms with van der Waals surface area (Å²) in [5.74, 6) is 0.653. The van der Waals surface area contributed by atoms with Crippen LogP contribution >= 0.6 is 0 Å². The highest BCUT2D eigenvalue weighted by atomic mass is 16.2. The fourth-order valence-corrected chi connectivity index (χ4v) is 4.97. The minimum Gasteiger partial charge on any atom is -0.359 e. The number of carbonyl (C=O) groups excluding carboxylic acids is 1. The monoisotopic (exact) mass is 427 g/mol. The average molecular weight is 428 g/mol. The number of nitrogens with zero attached hydrogens (tertiary/aromatic N) is 2. The summed E-state index contributed by atoms with van der Waals surface area (Å²) in [5, 5.41) is 2.96. The number of pyridine rings is 1. The van der Waals surface area contributed by atoms with Gasteiger partial charge in [0.05, 0.1) is 5.41 Å². The molecule has 3 aromatic rings. The van der Waals surface area contributed by atoms with Crippen LogP contribution in [0.2, 0.25) is 0 Å². The van der Waals surface area contributed by atoms with E-state index in [0.717, 1.165) is 50.0 Å². The van der Waals surface area contributed by atoms with Crippen LogP contribution in [-0.4, -0.2) is 42.5 Å². The summed E-state index contributed by atoms with van der Waals surface area (Å²) < 4.78 is 0. The van der Waals surface area contributed by atoms with Crippen molar-refractivity contribution in [2.24, 2.45) is 5.41 Å². The summed E-state index contributed by atoms with van der Waals surface area (Å²) in [4.78, 5) is 19.8. The molecule has 32 heavy (non-hydrogen) atoms. The molecule has 1 unspecified atom stereocenters. The molecule has 1 aromatic heterocycles. The van der Waals surface area contributed by atoms with E-state index in [9.17, 15) is 4.79 Å². The fraction of sp³-hybridized carbons (Fsp3) is 0.357. The first kappa shape index (κ1) is 22.2. The van der Waals surface area contributed by atoms with Gasteiger partial charge in [0, 0.05) is 26.0 Å². The summed E-state index contributed by atoms with van der Waals surface area (Å²) in [5.41, 5.74) is 4.49. The highest BCUT2D eigenvalue weighted by Crippen LogP contribution is 2.37. The Morgan fingerprint density at radius 1 is 1.03 bits per heavy atom. The summed E-state index contributed by atoms with van der Waals surface area (Å²) in [6.45, 7) is 5.23. The van der Waals surface area contributed by atoms with Gasteiger partial charge in [-0.05, 0) is 66.6 Å². The highest BCUT2D eigenvalue weighted by Gasteiger charge is 2.41. The van der Waals surface area contributed by atoms with Crippen molar-refractivity contribution in [3.05, 3.63) is 90.3 Å². The number of aromatic nitrogens is 1. The van der Waals surface area contributed by atoms with Gasteiger partial charge in [0.2, 0.25) is 5.91 Å². The summed E-state index contributed by atoms with van der Waals surface area (Å²) >= 11 is 0. The lowest BCUT2D eigenvalue weighted by Crippen LogP contribution is -2.49. The number of likely N-dealkylation sites (tertiary alicyclic amines) is 1. The van der Waals surface area contributed by atoms with Gasteiger partial charge < -0.3 is 10.2 Å². The Morgan fingerprint density at radius 2 is 1.78 bits per heavy atom. The molecule has 0 saturated carbocycles. The number of hydrogen-bond acceptors (Lipinski definition) is 3. The molecule has 2 aromatic carbocycles. The number of rotatable bonds is 7. The lowest BCUT2D eigenvalue weighted by Gasteiger charge is -2.41. The second kappa shape index (κ2) is 10.1. The molecule has 166 valence electrons. The topological polar surface area (TPSA) is 45.2 Å². The lowest BCUT2D eigenvalue weighted by atomic mass is 9.72. The van der Waals surface area contributed by atoms with Gasteiger partial charge in [-0.2, -0.15) is 0 Å². The average Bonchev–Trinajstić information content (AvgIpc) is 2.86. The van der Waals surface area contributed by atoms with Crippen molar-refractivity contribution in [2.45, 2.75) is 32.1 Å². The van der Waals surface area contributed by atoms with Crippen LogP contribution in [0.1, 0.15) is 36.8 Å². The predicted octanol–water partition coefficient (Wildman–Crippen LogP) is 4.92. The van der Waals surface area contributed by atoms with Crippen molar-refractivity contribution in [2.75, 3.05) is 26.7 Å². The van der Waals surface area contributed by atoms with Crippen molar-refractivity contribution in [3.8, 4) is 11.1 Å². The molecule has 4 nitrogen and oxygen atoms in total. The van der Waals surface area contributed by atoms with Crippen LogP contribution in [0.4, 0.5) is 0 Å². The molecule has 1 N–H and O–H groups in total. The van der Waals surface area contributed by atoms with Gasteiger partial charge in [0.25, 0.3) is 0 Å². The number of amides is 1. The van der Waals surface area contributed by atoms with Crippen LogP contribution in [0.3, 0.4) is 0 Å². The minimum atomic E-state index is -0.352. The second-order valence-electron chi connectivity index (χ2n) is 9.09. The molecule has 0 bridgehead atoms. The van der Waals surface area contributed by atoms with Crippen LogP contribution < -0.4 is 5.32 Å². The molecular formula is C28H33N3O. The van der Waals surface area contributed by atoms with Gasteiger partial charge >= 0.3 is 0 Å². The normalized spacial score (nSPS) is 16.9. The lowest BCUT2D eigenvalue weighted by molar-refractivity contribution is -0.133. The quantitative estimate of drug-likeness (QED) is 0.582. The van der Waals surface area contributed by atoms with Gasteiger partial charge in [-0.15, -0.1) is 0 Å².